The summed E-state index contributed by atoms with van der Waals surface area (Å²) in [4.78, 5) is 14.3. The van der Waals surface area contributed by atoms with E-state index in [1.807, 2.05) is 11.8 Å². The first-order valence-corrected chi connectivity index (χ1v) is 7.17. The summed E-state index contributed by atoms with van der Waals surface area (Å²) < 4.78 is 0. The molecule has 1 aromatic rings. The molecule has 1 aliphatic rings. The average molecular weight is 302 g/mol. The van der Waals surface area contributed by atoms with E-state index in [0.29, 0.717) is 22.0 Å². The zero-order chi connectivity index (χ0) is 14.0. The zero-order valence-corrected chi connectivity index (χ0v) is 12.3. The standard InChI is InChI=1S/C14H17Cl2NO2/c1-9-12(15)7-10(8-13(9)16)14(19)17-5-2-3-11(17)4-6-18/h7-8,11,18H,2-6H2,1H3. The number of aliphatic hydroxyl groups excluding tert-OH is 1. The highest BCUT2D eigenvalue weighted by molar-refractivity contribution is 6.36. The molecule has 1 amide bonds. The summed E-state index contributed by atoms with van der Waals surface area (Å²) >= 11 is 12.1. The fourth-order valence-corrected chi connectivity index (χ4v) is 2.97. The maximum Gasteiger partial charge on any atom is 0.254 e. The molecule has 1 N–H and O–H groups in total. The molecule has 0 aliphatic carbocycles. The van der Waals surface area contributed by atoms with E-state index in [9.17, 15) is 4.79 Å². The van der Waals surface area contributed by atoms with Gasteiger partial charge in [-0.2, -0.15) is 0 Å². The molecule has 19 heavy (non-hydrogen) atoms. The third-order valence-corrected chi connectivity index (χ3v) is 4.41. The molecule has 1 atom stereocenters. The Labute approximate surface area is 123 Å². The van der Waals surface area contributed by atoms with Gasteiger partial charge in [-0.15, -0.1) is 0 Å². The number of amides is 1. The van der Waals surface area contributed by atoms with Crippen LogP contribution in [0.2, 0.25) is 10.0 Å². The number of carbonyl (C=O) groups excluding carboxylic acids is 1. The number of rotatable bonds is 3. The first kappa shape index (κ1) is 14.6. The number of nitrogens with zero attached hydrogens (tertiary/aromatic N) is 1. The Bertz CT molecular complexity index is 467. The monoisotopic (exact) mass is 301 g/mol. The molecule has 0 bridgehead atoms. The summed E-state index contributed by atoms with van der Waals surface area (Å²) in [6, 6.07) is 3.45. The van der Waals surface area contributed by atoms with E-state index in [2.05, 4.69) is 0 Å². The molecule has 1 heterocycles. The van der Waals surface area contributed by atoms with Crippen molar-refractivity contribution in [3.05, 3.63) is 33.3 Å². The van der Waals surface area contributed by atoms with Crippen molar-refractivity contribution in [2.45, 2.75) is 32.2 Å². The lowest BCUT2D eigenvalue weighted by molar-refractivity contribution is 0.0716. The minimum Gasteiger partial charge on any atom is -0.396 e. The molecule has 1 aromatic carbocycles. The van der Waals surface area contributed by atoms with Crippen molar-refractivity contribution in [1.82, 2.24) is 4.90 Å². The quantitative estimate of drug-likeness (QED) is 0.931. The number of likely N-dealkylation sites (tertiary alicyclic amines) is 1. The van der Waals surface area contributed by atoms with E-state index in [0.717, 1.165) is 24.9 Å². The lowest BCUT2D eigenvalue weighted by Crippen LogP contribution is -2.36. The second-order valence-electron chi connectivity index (χ2n) is 4.87. The highest BCUT2D eigenvalue weighted by Gasteiger charge is 2.29. The van der Waals surface area contributed by atoms with Gasteiger partial charge in [0.25, 0.3) is 5.91 Å². The molecule has 1 saturated heterocycles. The highest BCUT2D eigenvalue weighted by Crippen LogP contribution is 2.28. The van der Waals surface area contributed by atoms with Crippen molar-refractivity contribution in [1.29, 1.82) is 0 Å². The van der Waals surface area contributed by atoms with E-state index in [-0.39, 0.29) is 18.6 Å². The van der Waals surface area contributed by atoms with Crippen molar-refractivity contribution in [3.8, 4) is 0 Å². The first-order valence-electron chi connectivity index (χ1n) is 6.42. The second-order valence-corrected chi connectivity index (χ2v) is 5.69. The Morgan fingerprint density at radius 1 is 1.42 bits per heavy atom. The van der Waals surface area contributed by atoms with Gasteiger partial charge in [-0.1, -0.05) is 23.2 Å². The van der Waals surface area contributed by atoms with Crippen LogP contribution in [0.5, 0.6) is 0 Å². The first-order chi connectivity index (χ1) is 9.04. The van der Waals surface area contributed by atoms with Crippen LogP contribution >= 0.6 is 23.2 Å². The minimum atomic E-state index is -0.0558. The van der Waals surface area contributed by atoms with Crippen LogP contribution in [0.3, 0.4) is 0 Å². The normalized spacial score (nSPS) is 18.9. The SMILES string of the molecule is Cc1c(Cl)cc(C(=O)N2CCCC2CCO)cc1Cl. The van der Waals surface area contributed by atoms with Gasteiger partial charge in [-0.3, -0.25) is 4.79 Å². The molecule has 1 fully saturated rings. The highest BCUT2D eigenvalue weighted by atomic mass is 35.5. The van der Waals surface area contributed by atoms with Crippen molar-refractivity contribution in [3.63, 3.8) is 0 Å². The Morgan fingerprint density at radius 3 is 2.63 bits per heavy atom. The van der Waals surface area contributed by atoms with Crippen molar-refractivity contribution < 1.29 is 9.90 Å². The summed E-state index contributed by atoms with van der Waals surface area (Å²) in [6.07, 6.45) is 2.54. The number of carbonyl (C=O) groups is 1. The molecular formula is C14H17Cl2NO2. The van der Waals surface area contributed by atoms with Crippen LogP contribution in [0, 0.1) is 6.92 Å². The summed E-state index contributed by atoms with van der Waals surface area (Å²) in [5, 5.41) is 10.1. The third-order valence-electron chi connectivity index (χ3n) is 3.63. The largest absolute Gasteiger partial charge is 0.396 e. The lowest BCUT2D eigenvalue weighted by atomic mass is 10.1. The number of hydrogen-bond acceptors (Lipinski definition) is 2. The van der Waals surface area contributed by atoms with Gasteiger partial charge in [0.1, 0.15) is 0 Å². The fourth-order valence-electron chi connectivity index (χ4n) is 2.49. The minimum absolute atomic E-state index is 0.0558. The summed E-state index contributed by atoms with van der Waals surface area (Å²) in [5.41, 5.74) is 1.30. The van der Waals surface area contributed by atoms with Crippen molar-refractivity contribution >= 4 is 29.1 Å². The Morgan fingerprint density at radius 2 is 2.05 bits per heavy atom. The Balaban J connectivity index is 2.24. The Hall–Kier alpha value is -0.770. The maximum atomic E-state index is 12.5. The summed E-state index contributed by atoms with van der Waals surface area (Å²) in [7, 11) is 0. The zero-order valence-electron chi connectivity index (χ0n) is 10.8. The molecule has 5 heteroatoms. The number of halogens is 2. The van der Waals surface area contributed by atoms with Crippen LogP contribution in [0.1, 0.15) is 35.2 Å². The molecule has 0 radical (unpaired) electrons. The predicted octanol–water partition coefficient (Wildman–Crippen LogP) is 3.29. The molecule has 0 aromatic heterocycles. The molecule has 104 valence electrons. The second kappa shape index (κ2) is 6.12. The molecule has 2 rings (SSSR count). The van der Waals surface area contributed by atoms with Crippen LogP contribution in [0.15, 0.2) is 12.1 Å². The number of aliphatic hydroxyl groups is 1. The summed E-state index contributed by atoms with van der Waals surface area (Å²) in [6.45, 7) is 2.65. The van der Waals surface area contributed by atoms with Gasteiger partial charge >= 0.3 is 0 Å². The van der Waals surface area contributed by atoms with Crippen LogP contribution in [0.4, 0.5) is 0 Å². The van der Waals surface area contributed by atoms with Gasteiger partial charge in [0.2, 0.25) is 0 Å². The molecular weight excluding hydrogens is 285 g/mol. The van der Waals surface area contributed by atoms with Crippen molar-refractivity contribution in [2.24, 2.45) is 0 Å². The van der Waals surface area contributed by atoms with Gasteiger partial charge in [-0.25, -0.2) is 0 Å². The van der Waals surface area contributed by atoms with Gasteiger partial charge < -0.3 is 10.0 Å². The molecule has 1 unspecified atom stereocenters. The number of hydrogen-bond donors (Lipinski definition) is 1. The van der Waals surface area contributed by atoms with E-state index in [1.54, 1.807) is 12.1 Å². The fraction of sp³-hybridized carbons (Fsp3) is 0.500. The molecule has 1 aliphatic heterocycles. The van der Waals surface area contributed by atoms with Gasteiger partial charge in [0, 0.05) is 34.8 Å². The van der Waals surface area contributed by atoms with E-state index in [1.165, 1.54) is 0 Å². The molecule has 3 nitrogen and oxygen atoms in total. The average Bonchev–Trinajstić information content (AvgIpc) is 2.83. The van der Waals surface area contributed by atoms with E-state index in [4.69, 9.17) is 28.3 Å². The lowest BCUT2D eigenvalue weighted by Gasteiger charge is -2.24. The molecule has 0 saturated carbocycles. The van der Waals surface area contributed by atoms with Gasteiger partial charge in [0.15, 0.2) is 0 Å². The summed E-state index contributed by atoms with van der Waals surface area (Å²) in [5.74, 6) is -0.0558. The number of benzene rings is 1. The van der Waals surface area contributed by atoms with Crippen molar-refractivity contribution in [2.75, 3.05) is 13.2 Å². The topological polar surface area (TPSA) is 40.5 Å². The smallest absolute Gasteiger partial charge is 0.254 e. The van der Waals surface area contributed by atoms with E-state index < -0.39 is 0 Å². The van der Waals surface area contributed by atoms with Gasteiger partial charge in [-0.05, 0) is 43.9 Å². The van der Waals surface area contributed by atoms with Crippen LogP contribution in [0.25, 0.3) is 0 Å². The Kier molecular flexibility index (Phi) is 4.71. The van der Waals surface area contributed by atoms with Gasteiger partial charge in [0.05, 0.1) is 0 Å². The van der Waals surface area contributed by atoms with Crippen LogP contribution < -0.4 is 0 Å². The van der Waals surface area contributed by atoms with E-state index >= 15 is 0 Å². The van der Waals surface area contributed by atoms with Crippen LogP contribution in [-0.4, -0.2) is 35.1 Å². The third kappa shape index (κ3) is 3.04. The predicted molar refractivity (Wildman–Crippen MR) is 77.0 cm³/mol. The maximum absolute atomic E-state index is 12.5. The molecule has 0 spiro atoms. The van der Waals surface area contributed by atoms with Crippen LogP contribution in [-0.2, 0) is 0 Å².